The average molecular weight is 354 g/mol. The first-order valence-electron chi connectivity index (χ1n) is 9.11. The molecule has 0 fully saturated rings. The molecule has 27 heavy (non-hydrogen) atoms. The molecule has 0 aliphatic rings. The summed E-state index contributed by atoms with van der Waals surface area (Å²) in [5.74, 6) is 0. The van der Waals surface area contributed by atoms with E-state index in [1.807, 2.05) is 37.7 Å². The number of nitrogens with two attached hydrogens (primary N) is 1. The molecule has 0 bridgehead atoms. The molecule has 0 saturated carbocycles. The molecule has 2 heterocycles. The van der Waals surface area contributed by atoms with Crippen molar-refractivity contribution in [3.63, 3.8) is 0 Å². The van der Waals surface area contributed by atoms with E-state index < -0.39 is 0 Å². The van der Waals surface area contributed by atoms with Gasteiger partial charge in [-0.15, -0.1) is 0 Å². The molecule has 4 heteroatoms. The minimum atomic E-state index is 0.744. The molecule has 134 valence electrons. The summed E-state index contributed by atoms with van der Waals surface area (Å²) in [6.07, 6.45) is 8.53. The molecule has 0 unspecified atom stereocenters. The van der Waals surface area contributed by atoms with Gasteiger partial charge in [-0.05, 0) is 41.8 Å². The van der Waals surface area contributed by atoms with E-state index in [-0.39, 0.29) is 0 Å². The Morgan fingerprint density at radius 2 is 1.89 bits per heavy atom. The summed E-state index contributed by atoms with van der Waals surface area (Å²) in [6, 6.07) is 18.9. The highest BCUT2D eigenvalue weighted by Crippen LogP contribution is 2.21. The lowest BCUT2D eigenvalue weighted by Gasteiger charge is -2.07. The number of benzene rings is 2. The van der Waals surface area contributed by atoms with Gasteiger partial charge in [0, 0.05) is 30.2 Å². The van der Waals surface area contributed by atoms with Gasteiger partial charge in [0.25, 0.3) is 0 Å². The van der Waals surface area contributed by atoms with E-state index in [0.29, 0.717) is 0 Å². The van der Waals surface area contributed by atoms with Crippen molar-refractivity contribution >= 4 is 16.5 Å². The Kier molecular flexibility index (Phi) is 4.71. The van der Waals surface area contributed by atoms with Crippen molar-refractivity contribution in [2.45, 2.75) is 19.9 Å². The first kappa shape index (κ1) is 17.0. The maximum atomic E-state index is 6.01. The third kappa shape index (κ3) is 3.60. The summed E-state index contributed by atoms with van der Waals surface area (Å²) in [5, 5.41) is 2.60. The number of fused-ring (bicyclic) bond motifs is 1. The van der Waals surface area contributed by atoms with Crippen molar-refractivity contribution in [2.75, 3.05) is 0 Å². The van der Waals surface area contributed by atoms with Crippen molar-refractivity contribution in [3.8, 4) is 11.4 Å². The van der Waals surface area contributed by atoms with Crippen LogP contribution in [-0.4, -0.2) is 14.5 Å². The van der Waals surface area contributed by atoms with Crippen LogP contribution in [0.25, 0.3) is 27.9 Å². The summed E-state index contributed by atoms with van der Waals surface area (Å²) in [4.78, 5) is 8.97. The standard InChI is InChI=1S/C23H22N4/c1-2-21(24)19-10-12-25-22(14-19)23-15-27(16-26-23)13-11-18-8-5-7-17-6-3-4-9-20(17)18/h2-10,12,14-16H,11,13,24H2,1H3/b21-2-. The van der Waals surface area contributed by atoms with Crippen LogP contribution < -0.4 is 5.73 Å². The Hall–Kier alpha value is -3.40. The molecule has 0 atom stereocenters. The van der Waals surface area contributed by atoms with Crippen molar-refractivity contribution in [1.82, 2.24) is 14.5 Å². The molecule has 0 radical (unpaired) electrons. The second kappa shape index (κ2) is 7.46. The Morgan fingerprint density at radius 1 is 1.04 bits per heavy atom. The highest BCUT2D eigenvalue weighted by atomic mass is 15.0. The van der Waals surface area contributed by atoms with Crippen LogP contribution >= 0.6 is 0 Å². The zero-order valence-electron chi connectivity index (χ0n) is 15.3. The summed E-state index contributed by atoms with van der Waals surface area (Å²) in [6.45, 7) is 2.80. The summed E-state index contributed by atoms with van der Waals surface area (Å²) < 4.78 is 2.12. The molecule has 2 aromatic heterocycles. The predicted octanol–water partition coefficient (Wildman–Crippen LogP) is 4.66. The van der Waals surface area contributed by atoms with E-state index >= 15 is 0 Å². The van der Waals surface area contributed by atoms with Crippen LogP contribution in [0.5, 0.6) is 0 Å². The number of hydrogen-bond acceptors (Lipinski definition) is 3. The second-order valence-electron chi connectivity index (χ2n) is 6.56. The van der Waals surface area contributed by atoms with Gasteiger partial charge in [-0.25, -0.2) is 4.98 Å². The van der Waals surface area contributed by atoms with Crippen LogP contribution in [0.2, 0.25) is 0 Å². The summed E-state index contributed by atoms with van der Waals surface area (Å²) in [7, 11) is 0. The third-order valence-electron chi connectivity index (χ3n) is 4.82. The first-order chi connectivity index (χ1) is 13.2. The SMILES string of the molecule is C/C=C(\N)c1ccnc(-c2cn(CCc3cccc4ccccc34)cn2)c1. The van der Waals surface area contributed by atoms with E-state index in [0.717, 1.165) is 35.6 Å². The fourth-order valence-corrected chi connectivity index (χ4v) is 3.29. The van der Waals surface area contributed by atoms with Crippen molar-refractivity contribution in [2.24, 2.45) is 5.73 Å². The molecule has 4 aromatic rings. The van der Waals surface area contributed by atoms with Gasteiger partial charge in [0.15, 0.2) is 0 Å². The Morgan fingerprint density at radius 3 is 2.78 bits per heavy atom. The number of aromatic nitrogens is 3. The molecule has 4 rings (SSSR count). The maximum absolute atomic E-state index is 6.01. The van der Waals surface area contributed by atoms with Crippen molar-refractivity contribution < 1.29 is 0 Å². The smallest absolute Gasteiger partial charge is 0.107 e. The maximum Gasteiger partial charge on any atom is 0.107 e. The molecule has 0 aliphatic carbocycles. The van der Waals surface area contributed by atoms with E-state index in [1.165, 1.54) is 16.3 Å². The fourth-order valence-electron chi connectivity index (χ4n) is 3.29. The number of nitrogens with zero attached hydrogens (tertiary/aromatic N) is 3. The second-order valence-corrected chi connectivity index (χ2v) is 6.56. The minimum Gasteiger partial charge on any atom is -0.399 e. The fraction of sp³-hybridized carbons (Fsp3) is 0.130. The number of rotatable bonds is 5. The van der Waals surface area contributed by atoms with Crippen LogP contribution in [0.4, 0.5) is 0 Å². The molecule has 0 spiro atoms. The number of allylic oxidation sites excluding steroid dienone is 1. The van der Waals surface area contributed by atoms with E-state index in [2.05, 4.69) is 57.0 Å². The molecular formula is C23H22N4. The van der Waals surface area contributed by atoms with Gasteiger partial charge in [0.1, 0.15) is 5.69 Å². The molecular weight excluding hydrogens is 332 g/mol. The molecule has 0 amide bonds. The highest BCUT2D eigenvalue weighted by molar-refractivity contribution is 5.85. The van der Waals surface area contributed by atoms with E-state index in [1.54, 1.807) is 6.20 Å². The zero-order valence-corrected chi connectivity index (χ0v) is 15.3. The number of hydrogen-bond donors (Lipinski definition) is 1. The average Bonchev–Trinajstić information content (AvgIpc) is 3.21. The molecule has 2 N–H and O–H groups in total. The lowest BCUT2D eigenvalue weighted by molar-refractivity contribution is 0.698. The van der Waals surface area contributed by atoms with Gasteiger partial charge in [0.05, 0.1) is 12.0 Å². The van der Waals surface area contributed by atoms with Gasteiger partial charge in [0.2, 0.25) is 0 Å². The minimum absolute atomic E-state index is 0.744. The van der Waals surface area contributed by atoms with Crippen molar-refractivity contribution in [3.05, 3.63) is 90.5 Å². The zero-order chi connectivity index (χ0) is 18.6. The van der Waals surface area contributed by atoms with Crippen LogP contribution in [-0.2, 0) is 13.0 Å². The van der Waals surface area contributed by atoms with Gasteiger partial charge in [-0.2, -0.15) is 0 Å². The molecule has 0 saturated heterocycles. The van der Waals surface area contributed by atoms with Gasteiger partial charge in [-0.1, -0.05) is 48.5 Å². The van der Waals surface area contributed by atoms with Crippen LogP contribution in [0.15, 0.2) is 79.4 Å². The third-order valence-corrected chi connectivity index (χ3v) is 4.82. The van der Waals surface area contributed by atoms with Crippen LogP contribution in [0.1, 0.15) is 18.1 Å². The van der Waals surface area contributed by atoms with Gasteiger partial charge in [-0.3, -0.25) is 4.98 Å². The Labute approximate surface area is 159 Å². The quantitative estimate of drug-likeness (QED) is 0.567. The molecule has 2 aromatic carbocycles. The number of pyridine rings is 1. The monoisotopic (exact) mass is 354 g/mol. The van der Waals surface area contributed by atoms with E-state index in [9.17, 15) is 0 Å². The Balaban J connectivity index is 1.53. The lowest BCUT2D eigenvalue weighted by Crippen LogP contribution is -1.99. The lowest BCUT2D eigenvalue weighted by atomic mass is 10.0. The topological polar surface area (TPSA) is 56.7 Å². The normalized spacial score (nSPS) is 11.8. The summed E-state index contributed by atoms with van der Waals surface area (Å²) in [5.41, 5.74) is 10.8. The van der Waals surface area contributed by atoms with Crippen LogP contribution in [0.3, 0.4) is 0 Å². The molecule has 0 aliphatic heterocycles. The van der Waals surface area contributed by atoms with Gasteiger partial charge >= 0.3 is 0 Å². The van der Waals surface area contributed by atoms with E-state index in [4.69, 9.17) is 5.73 Å². The predicted molar refractivity (Wildman–Crippen MR) is 111 cm³/mol. The number of aryl methyl sites for hydroxylation is 2. The summed E-state index contributed by atoms with van der Waals surface area (Å²) >= 11 is 0. The first-order valence-corrected chi connectivity index (χ1v) is 9.11. The van der Waals surface area contributed by atoms with Crippen LogP contribution in [0, 0.1) is 0 Å². The van der Waals surface area contributed by atoms with Crippen molar-refractivity contribution in [1.29, 1.82) is 0 Å². The number of imidazole rings is 1. The van der Waals surface area contributed by atoms with Gasteiger partial charge < -0.3 is 10.3 Å². The largest absolute Gasteiger partial charge is 0.399 e. The Bertz CT molecular complexity index is 1100. The molecule has 4 nitrogen and oxygen atoms in total. The highest BCUT2D eigenvalue weighted by Gasteiger charge is 2.07.